The smallest absolute Gasteiger partial charge is 0.264 e. The van der Waals surface area contributed by atoms with Gasteiger partial charge in [-0.1, -0.05) is 6.07 Å². The van der Waals surface area contributed by atoms with Gasteiger partial charge in [0.1, 0.15) is 17.2 Å². The number of nitrogens with zero attached hydrogens (tertiary/aromatic N) is 1. The van der Waals surface area contributed by atoms with E-state index < -0.39 is 15.9 Å². The van der Waals surface area contributed by atoms with Crippen molar-refractivity contribution in [2.45, 2.75) is 6.92 Å². The molecule has 1 amide bonds. The van der Waals surface area contributed by atoms with Crippen molar-refractivity contribution in [2.75, 3.05) is 20.0 Å². The predicted molar refractivity (Wildman–Crippen MR) is 116 cm³/mol. The number of amides is 1. The van der Waals surface area contributed by atoms with Crippen LogP contribution in [0.5, 0.6) is 23.1 Å². The lowest BCUT2D eigenvalue weighted by Gasteiger charge is -2.15. The zero-order valence-corrected chi connectivity index (χ0v) is 18.1. The highest BCUT2D eigenvalue weighted by Crippen LogP contribution is 2.38. The molecule has 0 bridgehead atoms. The Morgan fingerprint density at radius 2 is 1.81 bits per heavy atom. The van der Waals surface area contributed by atoms with Crippen LogP contribution in [0.1, 0.15) is 17.3 Å². The topological polar surface area (TPSA) is 104 Å². The molecule has 1 N–H and O–H groups in total. The van der Waals surface area contributed by atoms with E-state index in [9.17, 15) is 13.2 Å². The van der Waals surface area contributed by atoms with Crippen molar-refractivity contribution < 1.29 is 27.4 Å². The maximum atomic E-state index is 12.4. The van der Waals surface area contributed by atoms with Gasteiger partial charge in [0.2, 0.25) is 15.9 Å². The fraction of sp³-hybridized carbons (Fsp3) is 0.182. The van der Waals surface area contributed by atoms with Crippen LogP contribution in [0.3, 0.4) is 0 Å². The number of hydrogen-bond acceptors (Lipinski definition) is 7. The highest BCUT2D eigenvalue weighted by molar-refractivity contribution is 7.89. The number of rotatable bonds is 8. The molecule has 3 rings (SSSR count). The fourth-order valence-electron chi connectivity index (χ4n) is 2.88. The Morgan fingerprint density at radius 1 is 1.03 bits per heavy atom. The van der Waals surface area contributed by atoms with Gasteiger partial charge >= 0.3 is 0 Å². The Kier molecular flexibility index (Phi) is 6.76. The average Bonchev–Trinajstić information content (AvgIpc) is 2.73. The second kappa shape index (κ2) is 9.48. The van der Waals surface area contributed by atoms with E-state index in [1.807, 2.05) is 17.7 Å². The van der Waals surface area contributed by atoms with E-state index in [4.69, 9.17) is 14.2 Å². The molecule has 0 radical (unpaired) electrons. The Labute approximate surface area is 180 Å². The minimum Gasteiger partial charge on any atom is -0.494 e. The number of pyridine rings is 1. The lowest BCUT2D eigenvalue weighted by atomic mass is 10.0. The molecule has 3 aromatic rings. The van der Waals surface area contributed by atoms with Crippen molar-refractivity contribution in [2.24, 2.45) is 0 Å². The second-order valence-electron chi connectivity index (χ2n) is 6.48. The third-order valence-corrected chi connectivity index (χ3v) is 4.68. The molecule has 1 heterocycles. The summed E-state index contributed by atoms with van der Waals surface area (Å²) >= 11 is 0. The summed E-state index contributed by atoms with van der Waals surface area (Å²) in [6.07, 6.45) is 2.49. The number of aromatic nitrogens is 1. The molecule has 0 saturated carbocycles. The van der Waals surface area contributed by atoms with Gasteiger partial charge in [-0.3, -0.25) is 4.79 Å². The van der Waals surface area contributed by atoms with Crippen LogP contribution in [0.4, 0.5) is 0 Å². The lowest BCUT2D eigenvalue weighted by molar-refractivity contribution is 0.0981. The number of sulfonamides is 1. The molecule has 9 heteroatoms. The van der Waals surface area contributed by atoms with E-state index in [0.29, 0.717) is 40.9 Å². The highest BCUT2D eigenvalue weighted by atomic mass is 32.2. The van der Waals surface area contributed by atoms with Gasteiger partial charge in [0.05, 0.1) is 20.0 Å². The molecule has 0 unspecified atom stereocenters. The SMILES string of the molecule is CCOc1cccc(Oc2ccc(C(=O)NS(C)(=O)=O)cc2-c2cccnc2OC)c1. The van der Waals surface area contributed by atoms with Crippen molar-refractivity contribution in [1.29, 1.82) is 0 Å². The largest absolute Gasteiger partial charge is 0.494 e. The van der Waals surface area contributed by atoms with Gasteiger partial charge in [0.15, 0.2) is 0 Å². The van der Waals surface area contributed by atoms with E-state index in [1.165, 1.54) is 19.2 Å². The number of carbonyl (C=O) groups is 1. The molecular formula is C22H22N2O6S. The first-order valence-corrected chi connectivity index (χ1v) is 11.3. The molecule has 8 nitrogen and oxygen atoms in total. The van der Waals surface area contributed by atoms with Crippen LogP contribution in [0.2, 0.25) is 0 Å². The van der Waals surface area contributed by atoms with Gasteiger partial charge in [-0.2, -0.15) is 0 Å². The van der Waals surface area contributed by atoms with E-state index in [-0.39, 0.29) is 5.56 Å². The zero-order valence-electron chi connectivity index (χ0n) is 17.3. The number of hydrogen-bond donors (Lipinski definition) is 1. The molecule has 1 aromatic heterocycles. The second-order valence-corrected chi connectivity index (χ2v) is 8.23. The normalized spacial score (nSPS) is 10.9. The minimum absolute atomic E-state index is 0.141. The molecule has 0 spiro atoms. The molecular weight excluding hydrogens is 420 g/mol. The quantitative estimate of drug-likeness (QED) is 0.568. The van der Waals surface area contributed by atoms with Crippen molar-refractivity contribution in [1.82, 2.24) is 9.71 Å². The Hall–Kier alpha value is -3.59. The predicted octanol–water partition coefficient (Wildman–Crippen LogP) is 3.64. The van der Waals surface area contributed by atoms with Crippen LogP contribution < -0.4 is 18.9 Å². The van der Waals surface area contributed by atoms with Gasteiger partial charge in [0, 0.05) is 29.0 Å². The molecule has 0 aliphatic heterocycles. The molecule has 0 fully saturated rings. The maximum absolute atomic E-state index is 12.4. The van der Waals surface area contributed by atoms with Crippen molar-refractivity contribution in [3.05, 3.63) is 66.4 Å². The van der Waals surface area contributed by atoms with Crippen LogP contribution in [-0.2, 0) is 10.0 Å². The Balaban J connectivity index is 2.08. The van der Waals surface area contributed by atoms with Gasteiger partial charge in [-0.25, -0.2) is 18.1 Å². The van der Waals surface area contributed by atoms with Gasteiger partial charge < -0.3 is 14.2 Å². The molecule has 2 aromatic carbocycles. The first-order chi connectivity index (χ1) is 14.8. The van der Waals surface area contributed by atoms with E-state index >= 15 is 0 Å². The Bertz CT molecular complexity index is 1190. The molecule has 0 saturated heterocycles. The third kappa shape index (κ3) is 5.73. The lowest BCUT2D eigenvalue weighted by Crippen LogP contribution is -2.29. The van der Waals surface area contributed by atoms with Crippen molar-refractivity contribution >= 4 is 15.9 Å². The fourth-order valence-corrected chi connectivity index (χ4v) is 3.33. The summed E-state index contributed by atoms with van der Waals surface area (Å²) in [6.45, 7) is 2.41. The molecule has 0 atom stereocenters. The summed E-state index contributed by atoms with van der Waals surface area (Å²) in [7, 11) is -2.23. The van der Waals surface area contributed by atoms with Crippen LogP contribution in [0.25, 0.3) is 11.1 Å². The summed E-state index contributed by atoms with van der Waals surface area (Å²) in [5, 5.41) is 0. The first kappa shape index (κ1) is 22.1. The Morgan fingerprint density at radius 3 is 2.52 bits per heavy atom. The summed E-state index contributed by atoms with van der Waals surface area (Å²) in [4.78, 5) is 16.6. The van der Waals surface area contributed by atoms with E-state index in [2.05, 4.69) is 4.98 Å². The minimum atomic E-state index is -3.71. The van der Waals surface area contributed by atoms with Crippen LogP contribution in [0.15, 0.2) is 60.8 Å². The third-order valence-electron chi connectivity index (χ3n) is 4.12. The standard InChI is InChI=1S/C22H22N2O6S/c1-4-29-16-7-5-8-17(14-16)30-20-11-10-15(21(25)24-31(3,26)27)13-19(20)18-9-6-12-23-22(18)28-2/h5-14H,4H2,1-3H3,(H,24,25). The number of nitrogens with one attached hydrogen (secondary N) is 1. The molecule has 31 heavy (non-hydrogen) atoms. The number of carbonyl (C=O) groups excluding carboxylic acids is 1. The van der Waals surface area contributed by atoms with Crippen LogP contribution in [-0.4, -0.2) is 39.3 Å². The summed E-state index contributed by atoms with van der Waals surface area (Å²) in [6, 6.07) is 15.2. The molecule has 162 valence electrons. The van der Waals surface area contributed by atoms with E-state index in [0.717, 1.165) is 6.26 Å². The van der Waals surface area contributed by atoms with Crippen LogP contribution in [0, 0.1) is 0 Å². The van der Waals surface area contributed by atoms with Gasteiger partial charge in [-0.05, 0) is 49.4 Å². The average molecular weight is 442 g/mol. The number of ether oxygens (including phenoxy) is 3. The van der Waals surface area contributed by atoms with E-state index in [1.54, 1.807) is 42.6 Å². The highest BCUT2D eigenvalue weighted by Gasteiger charge is 2.18. The monoisotopic (exact) mass is 442 g/mol. The summed E-state index contributed by atoms with van der Waals surface area (Å²) < 4.78 is 41.8. The summed E-state index contributed by atoms with van der Waals surface area (Å²) in [5.74, 6) is 1.19. The maximum Gasteiger partial charge on any atom is 0.264 e. The van der Waals surface area contributed by atoms with Gasteiger partial charge in [-0.15, -0.1) is 0 Å². The first-order valence-electron chi connectivity index (χ1n) is 9.37. The van der Waals surface area contributed by atoms with Crippen molar-refractivity contribution in [3.8, 4) is 34.3 Å². The molecule has 0 aliphatic rings. The number of methoxy groups -OCH3 is 1. The zero-order chi connectivity index (χ0) is 22.4. The van der Waals surface area contributed by atoms with Gasteiger partial charge in [0.25, 0.3) is 5.91 Å². The summed E-state index contributed by atoms with van der Waals surface area (Å²) in [5.41, 5.74) is 1.23. The van der Waals surface area contributed by atoms with Crippen molar-refractivity contribution in [3.63, 3.8) is 0 Å². The van der Waals surface area contributed by atoms with Crippen LogP contribution >= 0.6 is 0 Å². The number of benzene rings is 2. The molecule has 0 aliphatic carbocycles.